The lowest BCUT2D eigenvalue weighted by molar-refractivity contribution is 0.101. The second kappa shape index (κ2) is 6.86. The van der Waals surface area contributed by atoms with Crippen LogP contribution in [0, 0.1) is 0 Å². The predicted molar refractivity (Wildman–Crippen MR) is 93.9 cm³/mol. The van der Waals surface area contributed by atoms with Gasteiger partial charge in [0.1, 0.15) is 5.69 Å². The summed E-state index contributed by atoms with van der Waals surface area (Å²) in [4.78, 5) is 19.7. The quantitative estimate of drug-likeness (QED) is 0.791. The number of allylic oxidation sites excluding steroid dienone is 1. The molecule has 2 aliphatic rings. The van der Waals surface area contributed by atoms with Gasteiger partial charge < -0.3 is 4.90 Å². The van der Waals surface area contributed by atoms with Crippen LogP contribution in [0.2, 0.25) is 0 Å². The van der Waals surface area contributed by atoms with Gasteiger partial charge in [-0.1, -0.05) is 13.3 Å². The number of Topliss-reactive ketones (excluding diaryl/α,β-unsaturated/α-hetero) is 1. The first-order valence-electron chi connectivity index (χ1n) is 9.07. The predicted octanol–water partition coefficient (Wildman–Crippen LogP) is 3.88. The number of rotatable bonds is 4. The van der Waals surface area contributed by atoms with Crippen molar-refractivity contribution in [2.75, 3.05) is 14.1 Å². The molecule has 0 spiro atoms. The number of carbonyl (C=O) groups is 1. The van der Waals surface area contributed by atoms with Gasteiger partial charge in [0.05, 0.1) is 0 Å². The molecule has 0 radical (unpaired) electrons. The second-order valence-electron chi connectivity index (χ2n) is 7.10. The summed E-state index contributed by atoms with van der Waals surface area (Å²) in [6.45, 7) is 2.24. The smallest absolute Gasteiger partial charge is 0.209 e. The number of unbranched alkanes of at least 4 members (excludes halogenated alkanes) is 1. The van der Waals surface area contributed by atoms with Crippen molar-refractivity contribution >= 4 is 5.78 Å². The molecule has 0 unspecified atom stereocenters. The Bertz CT molecular complexity index is 644. The van der Waals surface area contributed by atoms with E-state index in [0.717, 1.165) is 43.4 Å². The molecule has 0 amide bonds. The van der Waals surface area contributed by atoms with E-state index >= 15 is 0 Å². The molecule has 3 heteroatoms. The van der Waals surface area contributed by atoms with E-state index in [0.29, 0.717) is 0 Å². The fourth-order valence-corrected chi connectivity index (χ4v) is 3.94. The van der Waals surface area contributed by atoms with Gasteiger partial charge in [0.15, 0.2) is 0 Å². The maximum atomic E-state index is 12.9. The number of ketones is 1. The fourth-order valence-electron chi connectivity index (χ4n) is 3.94. The Morgan fingerprint density at radius 3 is 2.61 bits per heavy atom. The van der Waals surface area contributed by atoms with E-state index in [-0.39, 0.29) is 5.78 Å². The zero-order valence-corrected chi connectivity index (χ0v) is 14.7. The minimum absolute atomic E-state index is 0.158. The first kappa shape index (κ1) is 16.2. The van der Waals surface area contributed by atoms with Gasteiger partial charge in [0, 0.05) is 31.6 Å². The Hall–Kier alpha value is -1.64. The number of fused-ring (bicyclic) bond motifs is 2. The van der Waals surface area contributed by atoms with Gasteiger partial charge in [-0.2, -0.15) is 0 Å². The number of aromatic nitrogens is 1. The van der Waals surface area contributed by atoms with E-state index in [1.54, 1.807) is 0 Å². The lowest BCUT2D eigenvalue weighted by Crippen LogP contribution is -2.24. The van der Waals surface area contributed by atoms with Crippen LogP contribution in [0.4, 0.5) is 0 Å². The first-order chi connectivity index (χ1) is 11.1. The van der Waals surface area contributed by atoms with Crippen LogP contribution in [-0.2, 0) is 25.7 Å². The SMILES string of the molecule is CCCCc1c2c(nc3c1CC/C(=C\N(C)C)C3=O)CCCC2. The molecule has 0 N–H and O–H groups in total. The third-order valence-electron chi connectivity index (χ3n) is 5.05. The molecule has 0 atom stereocenters. The van der Waals surface area contributed by atoms with E-state index in [2.05, 4.69) is 6.92 Å². The van der Waals surface area contributed by atoms with Crippen LogP contribution in [0.5, 0.6) is 0 Å². The van der Waals surface area contributed by atoms with E-state index in [1.165, 1.54) is 48.1 Å². The Morgan fingerprint density at radius 2 is 1.87 bits per heavy atom. The summed E-state index contributed by atoms with van der Waals surface area (Å²) in [7, 11) is 3.95. The number of aryl methyl sites for hydroxylation is 1. The van der Waals surface area contributed by atoms with Crippen LogP contribution in [-0.4, -0.2) is 29.8 Å². The van der Waals surface area contributed by atoms with Crippen molar-refractivity contribution in [2.24, 2.45) is 0 Å². The van der Waals surface area contributed by atoms with Crippen LogP contribution < -0.4 is 0 Å². The van der Waals surface area contributed by atoms with E-state index < -0.39 is 0 Å². The molecule has 2 aliphatic carbocycles. The highest BCUT2D eigenvalue weighted by atomic mass is 16.1. The normalized spacial score (nSPS) is 18.7. The van der Waals surface area contributed by atoms with E-state index in [4.69, 9.17) is 4.98 Å². The molecule has 3 nitrogen and oxygen atoms in total. The summed E-state index contributed by atoms with van der Waals surface area (Å²) in [5, 5.41) is 0. The topological polar surface area (TPSA) is 33.2 Å². The number of nitrogens with zero attached hydrogens (tertiary/aromatic N) is 2. The van der Waals surface area contributed by atoms with Crippen molar-refractivity contribution < 1.29 is 4.79 Å². The summed E-state index contributed by atoms with van der Waals surface area (Å²) in [6.07, 6.45) is 12.0. The zero-order valence-electron chi connectivity index (χ0n) is 14.7. The minimum atomic E-state index is 0.158. The van der Waals surface area contributed by atoms with Crippen molar-refractivity contribution in [3.05, 3.63) is 39.9 Å². The van der Waals surface area contributed by atoms with Crippen LogP contribution in [0.3, 0.4) is 0 Å². The molecule has 1 aromatic rings. The van der Waals surface area contributed by atoms with Gasteiger partial charge in [-0.25, -0.2) is 4.98 Å². The number of hydrogen-bond donors (Lipinski definition) is 0. The Balaban J connectivity index is 2.08. The third-order valence-corrected chi connectivity index (χ3v) is 5.05. The van der Waals surface area contributed by atoms with Crippen molar-refractivity contribution in [1.29, 1.82) is 0 Å². The van der Waals surface area contributed by atoms with E-state index in [1.807, 2.05) is 25.2 Å². The van der Waals surface area contributed by atoms with Crippen LogP contribution in [0.15, 0.2) is 11.8 Å². The highest BCUT2D eigenvalue weighted by molar-refractivity contribution is 6.09. The summed E-state index contributed by atoms with van der Waals surface area (Å²) < 4.78 is 0. The number of hydrogen-bond acceptors (Lipinski definition) is 3. The van der Waals surface area contributed by atoms with Crippen molar-refractivity contribution in [1.82, 2.24) is 9.88 Å². The van der Waals surface area contributed by atoms with Crippen LogP contribution in [0.25, 0.3) is 0 Å². The molecular formula is C20H28N2O. The lowest BCUT2D eigenvalue weighted by atomic mass is 9.81. The molecule has 0 saturated carbocycles. The molecule has 1 heterocycles. The molecule has 0 saturated heterocycles. The maximum Gasteiger partial charge on any atom is 0.209 e. The molecule has 0 aliphatic heterocycles. The third kappa shape index (κ3) is 3.19. The van der Waals surface area contributed by atoms with Gasteiger partial charge in [-0.3, -0.25) is 4.79 Å². The van der Waals surface area contributed by atoms with Crippen molar-refractivity contribution in [3.63, 3.8) is 0 Å². The Kier molecular flexibility index (Phi) is 4.84. The van der Waals surface area contributed by atoms with Gasteiger partial charge in [0.25, 0.3) is 0 Å². The van der Waals surface area contributed by atoms with Crippen LogP contribution in [0.1, 0.15) is 71.9 Å². The van der Waals surface area contributed by atoms with Gasteiger partial charge in [0.2, 0.25) is 5.78 Å². The fraction of sp³-hybridized carbons (Fsp3) is 0.600. The number of pyridine rings is 1. The van der Waals surface area contributed by atoms with Gasteiger partial charge in [-0.05, 0) is 68.1 Å². The van der Waals surface area contributed by atoms with E-state index in [9.17, 15) is 4.79 Å². The average Bonchev–Trinajstić information content (AvgIpc) is 2.54. The van der Waals surface area contributed by atoms with Crippen LogP contribution >= 0.6 is 0 Å². The highest BCUT2D eigenvalue weighted by Gasteiger charge is 2.29. The highest BCUT2D eigenvalue weighted by Crippen LogP contribution is 2.34. The summed E-state index contributed by atoms with van der Waals surface area (Å²) in [5.74, 6) is 0.158. The first-order valence-corrected chi connectivity index (χ1v) is 9.07. The second-order valence-corrected chi connectivity index (χ2v) is 7.10. The van der Waals surface area contributed by atoms with Crippen molar-refractivity contribution in [2.45, 2.75) is 64.7 Å². The Morgan fingerprint density at radius 1 is 1.09 bits per heavy atom. The molecule has 1 aromatic heterocycles. The molecule has 124 valence electrons. The average molecular weight is 312 g/mol. The minimum Gasteiger partial charge on any atom is -0.383 e. The molecule has 0 aromatic carbocycles. The van der Waals surface area contributed by atoms with Gasteiger partial charge >= 0.3 is 0 Å². The van der Waals surface area contributed by atoms with Crippen molar-refractivity contribution in [3.8, 4) is 0 Å². The molecule has 23 heavy (non-hydrogen) atoms. The Labute approximate surface area is 139 Å². The summed E-state index contributed by atoms with van der Waals surface area (Å²) >= 11 is 0. The molecular weight excluding hydrogens is 284 g/mol. The largest absolute Gasteiger partial charge is 0.383 e. The summed E-state index contributed by atoms with van der Waals surface area (Å²) in [6, 6.07) is 0. The van der Waals surface area contributed by atoms with Gasteiger partial charge in [-0.15, -0.1) is 0 Å². The molecule has 0 bridgehead atoms. The standard InChI is InChI=1S/C20H28N2O/c1-4-5-8-15-16-9-6-7-10-18(16)21-19-17(15)12-11-14(20(19)23)13-22(2)3/h13H,4-12H2,1-3H3/b14-13+. The monoisotopic (exact) mass is 312 g/mol. The lowest BCUT2D eigenvalue weighted by Gasteiger charge is -2.27. The summed E-state index contributed by atoms with van der Waals surface area (Å²) in [5.41, 5.74) is 7.10. The maximum absolute atomic E-state index is 12.9. The molecule has 3 rings (SSSR count). The number of carbonyl (C=O) groups excluding carboxylic acids is 1. The molecule has 0 fully saturated rings. The zero-order chi connectivity index (χ0) is 16.4.